The average molecular weight is 221 g/mol. The van der Waals surface area contributed by atoms with Crippen molar-refractivity contribution in [1.82, 2.24) is 9.97 Å². The van der Waals surface area contributed by atoms with Crippen LogP contribution in [0.2, 0.25) is 10.3 Å². The zero-order chi connectivity index (χ0) is 10.0. The van der Waals surface area contributed by atoms with E-state index >= 15 is 0 Å². The maximum absolute atomic E-state index is 10.7. The molecule has 6 nitrogen and oxygen atoms in total. The summed E-state index contributed by atoms with van der Waals surface area (Å²) in [5.41, 5.74) is 4.68. The fourth-order valence-corrected chi connectivity index (χ4v) is 1.21. The van der Waals surface area contributed by atoms with Gasteiger partial charge in [-0.25, -0.2) is 0 Å². The lowest BCUT2D eigenvalue weighted by molar-refractivity contribution is 0.1000. The lowest BCUT2D eigenvalue weighted by Crippen LogP contribution is -2.13. The van der Waals surface area contributed by atoms with E-state index in [1.54, 1.807) is 0 Å². The number of rotatable bonds is 2. The average Bonchev–Trinajstić information content (AvgIpc) is 2.02. The van der Waals surface area contributed by atoms with Gasteiger partial charge < -0.3 is 5.73 Å². The van der Waals surface area contributed by atoms with E-state index in [4.69, 9.17) is 28.9 Å². The van der Waals surface area contributed by atoms with Gasteiger partial charge in [0.15, 0.2) is 0 Å². The number of carbonyl (C=O) groups is 1. The van der Waals surface area contributed by atoms with Gasteiger partial charge in [0.25, 0.3) is 11.9 Å². The number of halogens is 2. The first kappa shape index (κ1) is 9.82. The lowest BCUT2D eigenvalue weighted by Gasteiger charge is -1.99. The van der Waals surface area contributed by atoms with Crippen LogP contribution in [0.1, 0.15) is 10.4 Å². The van der Waals surface area contributed by atoms with Gasteiger partial charge in [-0.2, -0.15) is 9.97 Å². The highest BCUT2D eigenvalue weighted by Gasteiger charge is 2.16. The molecular formula is C5H2Cl2N4O2. The molecule has 2 N–H and O–H groups in total. The standard InChI is InChI=1S/C5H2Cl2N4O2/c6-2-1(4(8)12)3(7)10-5(9-2)11-13/h(H2,8,12). The predicted octanol–water partition coefficient (Wildman–Crippen LogP) is 1.28. The van der Waals surface area contributed by atoms with Crippen LogP contribution in [0.5, 0.6) is 0 Å². The summed E-state index contributed by atoms with van der Waals surface area (Å²) >= 11 is 10.9. The Morgan fingerprint density at radius 3 is 2.08 bits per heavy atom. The molecule has 1 aromatic heterocycles. The lowest BCUT2D eigenvalue weighted by atomic mass is 10.3. The number of nitrogens with zero attached hydrogens (tertiary/aromatic N) is 3. The summed E-state index contributed by atoms with van der Waals surface area (Å²) in [4.78, 5) is 27.4. The largest absolute Gasteiger partial charge is 0.365 e. The van der Waals surface area contributed by atoms with Gasteiger partial charge in [0.2, 0.25) is 0 Å². The molecule has 0 bridgehead atoms. The smallest absolute Gasteiger partial charge is 0.293 e. The van der Waals surface area contributed by atoms with E-state index in [-0.39, 0.29) is 15.9 Å². The van der Waals surface area contributed by atoms with Crippen molar-refractivity contribution in [3.63, 3.8) is 0 Å². The van der Waals surface area contributed by atoms with Gasteiger partial charge in [-0.1, -0.05) is 23.2 Å². The van der Waals surface area contributed by atoms with Gasteiger partial charge in [-0.15, -0.1) is 4.91 Å². The molecule has 1 aromatic rings. The van der Waals surface area contributed by atoms with E-state index in [0.717, 1.165) is 0 Å². The van der Waals surface area contributed by atoms with Crippen molar-refractivity contribution in [2.24, 2.45) is 10.9 Å². The molecule has 1 rings (SSSR count). The molecule has 8 heteroatoms. The maximum Gasteiger partial charge on any atom is 0.293 e. The molecule has 0 aromatic carbocycles. The number of hydrogen-bond donors (Lipinski definition) is 1. The van der Waals surface area contributed by atoms with E-state index in [1.807, 2.05) is 0 Å². The highest BCUT2D eigenvalue weighted by molar-refractivity contribution is 6.38. The van der Waals surface area contributed by atoms with Gasteiger partial charge in [0.05, 0.1) is 0 Å². The summed E-state index contributed by atoms with van der Waals surface area (Å²) in [5, 5.41) is 1.82. The first-order valence-corrected chi connectivity index (χ1v) is 3.68. The van der Waals surface area contributed by atoms with Gasteiger partial charge >= 0.3 is 0 Å². The summed E-state index contributed by atoms with van der Waals surface area (Å²) < 4.78 is 0. The normalized spacial score (nSPS) is 9.69. The maximum atomic E-state index is 10.7. The first-order valence-electron chi connectivity index (χ1n) is 2.92. The van der Waals surface area contributed by atoms with Gasteiger partial charge in [-0.3, -0.25) is 4.79 Å². The summed E-state index contributed by atoms with van der Waals surface area (Å²) in [6.45, 7) is 0. The number of nitrogens with two attached hydrogens (primary N) is 1. The highest BCUT2D eigenvalue weighted by Crippen LogP contribution is 2.22. The molecule has 0 saturated heterocycles. The molecule has 0 fully saturated rings. The number of primary amides is 1. The highest BCUT2D eigenvalue weighted by atomic mass is 35.5. The molecule has 1 amide bonds. The van der Waals surface area contributed by atoms with Gasteiger partial charge in [-0.05, 0) is 0 Å². The van der Waals surface area contributed by atoms with Crippen molar-refractivity contribution in [3.05, 3.63) is 20.8 Å². The molecule has 68 valence electrons. The number of amides is 1. The third-order valence-electron chi connectivity index (χ3n) is 1.14. The third kappa shape index (κ3) is 1.90. The van der Waals surface area contributed by atoms with Gasteiger partial charge in [0.1, 0.15) is 15.9 Å². The Labute approximate surface area is 82.0 Å². The fraction of sp³-hybridized carbons (Fsp3) is 0. The van der Waals surface area contributed by atoms with Crippen LogP contribution in [0.4, 0.5) is 5.95 Å². The second-order valence-electron chi connectivity index (χ2n) is 1.94. The van der Waals surface area contributed by atoms with Crippen molar-refractivity contribution in [3.8, 4) is 0 Å². The molecule has 0 aliphatic rings. The van der Waals surface area contributed by atoms with Crippen LogP contribution in [-0.2, 0) is 0 Å². The van der Waals surface area contributed by atoms with Crippen LogP contribution in [-0.4, -0.2) is 15.9 Å². The SMILES string of the molecule is NC(=O)c1c(Cl)nc(N=O)nc1Cl. The zero-order valence-corrected chi connectivity index (χ0v) is 7.50. The van der Waals surface area contributed by atoms with Crippen LogP contribution in [0, 0.1) is 4.91 Å². The minimum absolute atomic E-state index is 0.226. The fourth-order valence-electron chi connectivity index (χ4n) is 0.642. The minimum Gasteiger partial charge on any atom is -0.365 e. The molecule has 0 spiro atoms. The second kappa shape index (κ2) is 3.63. The molecule has 13 heavy (non-hydrogen) atoms. The number of nitroso groups, excluding NO2 is 1. The quantitative estimate of drug-likeness (QED) is 0.600. The van der Waals surface area contributed by atoms with Crippen molar-refractivity contribution in [2.75, 3.05) is 0 Å². The van der Waals surface area contributed by atoms with Crippen LogP contribution < -0.4 is 5.73 Å². The Hall–Kier alpha value is -1.27. The summed E-state index contributed by atoms with van der Waals surface area (Å²) in [6, 6.07) is 0. The molecule has 0 atom stereocenters. The predicted molar refractivity (Wildman–Crippen MR) is 46.0 cm³/mol. The number of aromatic nitrogens is 2. The van der Waals surface area contributed by atoms with Crippen molar-refractivity contribution < 1.29 is 4.79 Å². The van der Waals surface area contributed by atoms with E-state index < -0.39 is 11.9 Å². The molecule has 1 heterocycles. The van der Waals surface area contributed by atoms with E-state index in [9.17, 15) is 9.70 Å². The Morgan fingerprint density at radius 2 is 1.77 bits per heavy atom. The van der Waals surface area contributed by atoms with Crippen molar-refractivity contribution >= 4 is 35.1 Å². The zero-order valence-electron chi connectivity index (χ0n) is 5.99. The van der Waals surface area contributed by atoms with Crippen molar-refractivity contribution in [1.29, 1.82) is 0 Å². The summed E-state index contributed by atoms with van der Waals surface area (Å²) in [7, 11) is 0. The molecule has 0 aliphatic heterocycles. The first-order chi connectivity index (χ1) is 6.06. The monoisotopic (exact) mass is 220 g/mol. The Morgan fingerprint density at radius 1 is 1.31 bits per heavy atom. The molecule has 0 radical (unpaired) electrons. The third-order valence-corrected chi connectivity index (χ3v) is 1.68. The van der Waals surface area contributed by atoms with Gasteiger partial charge in [0, 0.05) is 5.18 Å². The van der Waals surface area contributed by atoms with Crippen molar-refractivity contribution in [2.45, 2.75) is 0 Å². The Bertz CT molecular complexity index is 358. The van der Waals surface area contributed by atoms with E-state index in [1.165, 1.54) is 0 Å². The van der Waals surface area contributed by atoms with Crippen LogP contribution in [0.25, 0.3) is 0 Å². The number of carbonyl (C=O) groups excluding carboxylic acids is 1. The molecule has 0 unspecified atom stereocenters. The Balaban J connectivity index is 3.39. The second-order valence-corrected chi connectivity index (χ2v) is 2.65. The molecule has 0 saturated carbocycles. The molecular weight excluding hydrogens is 219 g/mol. The summed E-state index contributed by atoms with van der Waals surface area (Å²) in [5.74, 6) is -1.31. The minimum atomic E-state index is -0.868. The van der Waals surface area contributed by atoms with E-state index in [0.29, 0.717) is 0 Å². The summed E-state index contributed by atoms with van der Waals surface area (Å²) in [6.07, 6.45) is 0. The van der Waals surface area contributed by atoms with Crippen LogP contribution in [0.15, 0.2) is 5.18 Å². The topological polar surface area (TPSA) is 98.3 Å². The number of hydrogen-bond acceptors (Lipinski definition) is 5. The molecule has 0 aliphatic carbocycles. The van der Waals surface area contributed by atoms with E-state index in [2.05, 4.69) is 15.1 Å². The van der Waals surface area contributed by atoms with Crippen LogP contribution >= 0.6 is 23.2 Å². The van der Waals surface area contributed by atoms with Crippen LogP contribution in [0.3, 0.4) is 0 Å². The Kier molecular flexibility index (Phi) is 2.74.